The van der Waals surface area contributed by atoms with Crippen LogP contribution in [0.25, 0.3) is 0 Å². The highest BCUT2D eigenvalue weighted by Crippen LogP contribution is 2.28. The Morgan fingerprint density at radius 3 is 2.12 bits per heavy atom. The highest BCUT2D eigenvalue weighted by molar-refractivity contribution is 6.23. The number of rotatable bonds is 12. The van der Waals surface area contributed by atoms with E-state index in [1.807, 2.05) is 0 Å². The lowest BCUT2D eigenvalue weighted by Gasteiger charge is -2.20. The van der Waals surface area contributed by atoms with Crippen molar-refractivity contribution in [2.24, 2.45) is 0 Å². The Balaban J connectivity index is 2.54. The zero-order chi connectivity index (χ0) is 22.2. The largest absolute Gasteiger partial charge is 0.489 e. The van der Waals surface area contributed by atoms with Gasteiger partial charge in [0, 0.05) is 20.5 Å². The number of methoxy groups -OCH3 is 2. The first kappa shape index (κ1) is 13.6. The van der Waals surface area contributed by atoms with Crippen LogP contribution in [0.5, 0.6) is 0 Å². The first-order valence-corrected chi connectivity index (χ1v) is 8.31. The van der Waals surface area contributed by atoms with Crippen molar-refractivity contribution in [2.45, 2.75) is 64.7 Å². The van der Waals surface area contributed by atoms with E-state index in [9.17, 15) is 9.59 Å². The number of Topliss-reactive ketones (excluding diaryl/α,β-unsaturated/α-hetero) is 2. The fourth-order valence-corrected chi connectivity index (χ4v) is 2.74. The molecule has 0 saturated carbocycles. The van der Waals surface area contributed by atoms with Gasteiger partial charge in [-0.3, -0.25) is 9.59 Å². The third kappa shape index (κ3) is 5.48. The van der Waals surface area contributed by atoms with Gasteiger partial charge >= 0.3 is 0 Å². The van der Waals surface area contributed by atoms with E-state index >= 15 is 0 Å². The number of carbonyl (C=O) groups is 2. The van der Waals surface area contributed by atoms with Crippen molar-refractivity contribution in [1.29, 1.82) is 0 Å². The molecule has 0 bridgehead atoms. The summed E-state index contributed by atoms with van der Waals surface area (Å²) in [4.78, 5) is 25.1. The summed E-state index contributed by atoms with van der Waals surface area (Å²) in [5.41, 5.74) is 0.502. The van der Waals surface area contributed by atoms with E-state index < -0.39 is 37.3 Å². The number of hydrogen-bond acceptors (Lipinski definition) is 5. The molecule has 1 aliphatic carbocycles. The quantitative estimate of drug-likeness (QED) is 0.434. The number of allylic oxidation sites excluding steroid dienone is 2. The molecule has 136 valence electrons. The number of unbranched alkanes of at least 4 members (excludes halogenated alkanes) is 5. The van der Waals surface area contributed by atoms with Crippen LogP contribution in [0.2, 0.25) is 0 Å². The van der Waals surface area contributed by atoms with Gasteiger partial charge in [-0.15, -0.1) is 0 Å². The molecule has 0 radical (unpaired) electrons. The number of ether oxygens (including phenoxy) is 2. The SMILES string of the molecule is [2H]C([2H])(CO)CCCCCCCCC1=C(C)C(=O)C(OC)=C(OC([2H])([2H])[2H])C1=O. The summed E-state index contributed by atoms with van der Waals surface area (Å²) in [5, 5.41) is 8.88. The first-order chi connectivity index (χ1) is 13.4. The Kier molecular flexibility index (Phi) is 6.27. The fraction of sp³-hybridized carbons (Fsp3) is 0.684. The molecule has 1 N–H and O–H groups in total. The zero-order valence-corrected chi connectivity index (χ0v) is 14.4. The number of aliphatic hydroxyl groups is 1. The van der Waals surface area contributed by atoms with Gasteiger partial charge in [-0.2, -0.15) is 0 Å². The molecule has 5 nitrogen and oxygen atoms in total. The van der Waals surface area contributed by atoms with E-state index in [0.29, 0.717) is 25.7 Å². The molecule has 0 aromatic rings. The second kappa shape index (κ2) is 11.0. The summed E-state index contributed by atoms with van der Waals surface area (Å²) in [6.45, 7) is 1.05. The van der Waals surface area contributed by atoms with Crippen LogP contribution in [0.3, 0.4) is 0 Å². The lowest BCUT2D eigenvalue weighted by Crippen LogP contribution is -2.25. The van der Waals surface area contributed by atoms with Gasteiger partial charge in [0.15, 0.2) is 0 Å². The van der Waals surface area contributed by atoms with Crippen LogP contribution in [0.15, 0.2) is 22.7 Å². The van der Waals surface area contributed by atoms with Crippen LogP contribution in [0.1, 0.15) is 71.5 Å². The normalized spacial score (nSPS) is 19.5. The van der Waals surface area contributed by atoms with Gasteiger partial charge in [-0.05, 0) is 26.1 Å². The molecule has 0 fully saturated rings. The van der Waals surface area contributed by atoms with Crippen molar-refractivity contribution < 1.29 is 31.0 Å². The van der Waals surface area contributed by atoms with Crippen molar-refractivity contribution in [3.05, 3.63) is 22.7 Å². The second-order valence-electron chi connectivity index (χ2n) is 5.76. The van der Waals surface area contributed by atoms with Crippen LogP contribution in [-0.4, -0.2) is 37.4 Å². The average Bonchev–Trinajstić information content (AvgIpc) is 2.63. The smallest absolute Gasteiger partial charge is 0.228 e. The molecule has 1 rings (SSSR count). The maximum absolute atomic E-state index is 12.7. The van der Waals surface area contributed by atoms with Gasteiger partial charge in [-0.25, -0.2) is 0 Å². The standard InChI is InChI=1S/C19H30O5/c1-14-15(12-10-8-6-4-5-7-9-11-13-20)17(22)19(24-3)18(23-2)16(14)21/h20H,4-13H2,1-3H3/i3D3,11D2. The van der Waals surface area contributed by atoms with Gasteiger partial charge in [0.05, 0.1) is 18.3 Å². The second-order valence-corrected chi connectivity index (χ2v) is 5.76. The predicted octanol–water partition coefficient (Wildman–Crippen LogP) is 3.46. The van der Waals surface area contributed by atoms with Gasteiger partial charge in [0.25, 0.3) is 0 Å². The van der Waals surface area contributed by atoms with E-state index in [-0.39, 0.29) is 16.9 Å². The van der Waals surface area contributed by atoms with Crippen molar-refractivity contribution in [2.75, 3.05) is 20.8 Å². The van der Waals surface area contributed by atoms with Crippen LogP contribution in [0, 0.1) is 0 Å². The first-order valence-electron chi connectivity index (χ1n) is 10.8. The van der Waals surface area contributed by atoms with Gasteiger partial charge in [0.1, 0.15) is 0 Å². The van der Waals surface area contributed by atoms with Crippen LogP contribution >= 0.6 is 0 Å². The maximum atomic E-state index is 12.7. The van der Waals surface area contributed by atoms with E-state index in [4.69, 9.17) is 21.4 Å². The molecule has 0 aromatic carbocycles. The molecular weight excluding hydrogens is 308 g/mol. The van der Waals surface area contributed by atoms with Crippen LogP contribution in [0.4, 0.5) is 0 Å². The van der Waals surface area contributed by atoms with Crippen LogP contribution in [-0.2, 0) is 19.1 Å². The monoisotopic (exact) mass is 343 g/mol. The minimum Gasteiger partial charge on any atom is -0.489 e. The van der Waals surface area contributed by atoms with Gasteiger partial charge in [0.2, 0.25) is 23.1 Å². The minimum atomic E-state index is -2.86. The fourth-order valence-electron chi connectivity index (χ4n) is 2.74. The topological polar surface area (TPSA) is 72.8 Å². The van der Waals surface area contributed by atoms with Crippen molar-refractivity contribution in [3.8, 4) is 0 Å². The lowest BCUT2D eigenvalue weighted by molar-refractivity contribution is -0.121. The molecule has 24 heavy (non-hydrogen) atoms. The van der Waals surface area contributed by atoms with E-state index in [1.165, 1.54) is 14.0 Å². The lowest BCUT2D eigenvalue weighted by atomic mass is 9.89. The number of carbonyl (C=O) groups excluding carboxylic acids is 2. The molecule has 0 amide bonds. The Labute approximate surface area is 151 Å². The summed E-state index contributed by atoms with van der Waals surface area (Å²) in [7, 11) is -1.68. The third-order valence-electron chi connectivity index (χ3n) is 4.13. The van der Waals surface area contributed by atoms with Crippen LogP contribution < -0.4 is 0 Å². The molecule has 0 aromatic heterocycles. The molecular formula is C19H30O5. The Bertz CT molecular complexity index is 664. The number of hydrogen-bond donors (Lipinski definition) is 1. The van der Waals surface area contributed by atoms with Crippen molar-refractivity contribution >= 4 is 11.6 Å². The molecule has 0 atom stereocenters. The highest BCUT2D eigenvalue weighted by atomic mass is 16.5. The van der Waals surface area contributed by atoms with Crippen molar-refractivity contribution in [3.63, 3.8) is 0 Å². The summed E-state index contributed by atoms with van der Waals surface area (Å²) in [6.07, 6.45) is 3.98. The minimum absolute atomic E-state index is 0.246. The molecule has 5 heteroatoms. The molecule has 0 saturated heterocycles. The molecule has 0 aliphatic heterocycles. The summed E-state index contributed by atoms with van der Waals surface area (Å²) >= 11 is 0. The van der Waals surface area contributed by atoms with E-state index in [1.54, 1.807) is 0 Å². The van der Waals surface area contributed by atoms with E-state index in [2.05, 4.69) is 0 Å². The predicted molar refractivity (Wildman–Crippen MR) is 92.4 cm³/mol. The summed E-state index contributed by atoms with van der Waals surface area (Å²) in [5.74, 6) is -2.10. The third-order valence-corrected chi connectivity index (χ3v) is 4.13. The van der Waals surface area contributed by atoms with Crippen molar-refractivity contribution in [1.82, 2.24) is 0 Å². The summed E-state index contributed by atoms with van der Waals surface area (Å²) < 4.78 is 46.3. The molecule has 0 unspecified atom stereocenters. The highest BCUT2D eigenvalue weighted by Gasteiger charge is 2.34. The molecule has 1 aliphatic rings. The molecule has 0 spiro atoms. The summed E-state index contributed by atoms with van der Waals surface area (Å²) in [6, 6.07) is 0. The average molecular weight is 343 g/mol. The Hall–Kier alpha value is -1.62. The Morgan fingerprint density at radius 2 is 1.54 bits per heavy atom. The zero-order valence-electron chi connectivity index (χ0n) is 19.4. The Morgan fingerprint density at radius 1 is 0.958 bits per heavy atom. The number of ketones is 2. The maximum Gasteiger partial charge on any atom is 0.228 e. The van der Waals surface area contributed by atoms with Gasteiger partial charge in [-0.1, -0.05) is 38.5 Å². The number of aliphatic hydroxyl groups excluding tert-OH is 1. The molecule has 0 heterocycles. The van der Waals surface area contributed by atoms with Gasteiger partial charge < -0.3 is 14.6 Å². The van der Waals surface area contributed by atoms with E-state index in [0.717, 1.165) is 25.7 Å².